The zero-order valence-electron chi connectivity index (χ0n) is 19.7. The van der Waals surface area contributed by atoms with Crippen molar-refractivity contribution in [2.75, 3.05) is 22.7 Å². The Morgan fingerprint density at radius 1 is 1.23 bits per heavy atom. The van der Waals surface area contributed by atoms with Crippen molar-refractivity contribution in [1.29, 1.82) is 0 Å². The largest absolute Gasteiger partial charge is 0.480 e. The highest BCUT2D eigenvalue weighted by molar-refractivity contribution is 14.1. The maximum absolute atomic E-state index is 15.1. The number of carbonyl (C=O) groups is 1. The van der Waals surface area contributed by atoms with Crippen molar-refractivity contribution in [3.8, 4) is 0 Å². The number of carboxylic acid groups (broad SMARTS) is 1. The average Bonchev–Trinajstić information content (AvgIpc) is 3.32. The van der Waals surface area contributed by atoms with Gasteiger partial charge < -0.3 is 10.2 Å². The molecule has 190 valence electrons. The van der Waals surface area contributed by atoms with Gasteiger partial charge in [0.05, 0.1) is 29.5 Å². The lowest BCUT2D eigenvalue weighted by molar-refractivity contribution is -0.143. The first-order valence-electron chi connectivity index (χ1n) is 12.3. The number of carboxylic acids is 1. The van der Waals surface area contributed by atoms with Crippen LogP contribution >= 0.6 is 45.5 Å². The molecule has 0 aliphatic carbocycles. The molecule has 0 radical (unpaired) electrons. The Morgan fingerprint density at radius 2 is 2.06 bits per heavy atom. The van der Waals surface area contributed by atoms with Crippen molar-refractivity contribution >= 4 is 57.2 Å². The smallest absolute Gasteiger partial charge is 0.325 e. The summed E-state index contributed by atoms with van der Waals surface area (Å²) in [5.41, 5.74) is 3.58. The van der Waals surface area contributed by atoms with Crippen LogP contribution in [-0.4, -0.2) is 51.9 Å². The third kappa shape index (κ3) is 6.64. The van der Waals surface area contributed by atoms with Gasteiger partial charge in [-0.15, -0.1) is 0 Å². The minimum atomic E-state index is -0.958. The minimum Gasteiger partial charge on any atom is -0.480 e. The van der Waals surface area contributed by atoms with Crippen molar-refractivity contribution in [1.82, 2.24) is 9.88 Å². The second kappa shape index (κ2) is 12.5. The zero-order valence-corrected chi connectivity index (χ0v) is 24.0. The first-order valence-corrected chi connectivity index (χ1v) is 14.3. The standard InChI is InChI=1S/C26H32FI2N3O3/c27-23(6-2-1-5-21-10-8-17-4-3-12-32(29)25(17)30-21)18-11-13-31(15-18)24(26(34)35)22-14-20(28)9-7-19(22)16-33/h7-10,14,18,23-24,33H,1-6,11-13,15-16H2,(H,34,35)/t18?,23-,24+/m1/s1. The highest BCUT2D eigenvalue weighted by Crippen LogP contribution is 2.34. The van der Waals surface area contributed by atoms with Crippen LogP contribution in [-0.2, 0) is 24.2 Å². The Kier molecular flexibility index (Phi) is 9.61. The van der Waals surface area contributed by atoms with E-state index in [1.165, 1.54) is 5.56 Å². The lowest BCUT2D eigenvalue weighted by Gasteiger charge is -2.27. The molecule has 1 unspecified atom stereocenters. The molecule has 35 heavy (non-hydrogen) atoms. The number of nitrogens with zero attached hydrogens (tertiary/aromatic N) is 3. The molecule has 3 heterocycles. The molecule has 1 fully saturated rings. The van der Waals surface area contributed by atoms with E-state index in [1.807, 2.05) is 17.0 Å². The van der Waals surface area contributed by atoms with Gasteiger partial charge in [-0.05, 0) is 103 Å². The van der Waals surface area contributed by atoms with Gasteiger partial charge >= 0.3 is 5.97 Å². The van der Waals surface area contributed by atoms with Crippen molar-refractivity contribution < 1.29 is 19.4 Å². The molecular weight excluding hydrogens is 675 g/mol. The maximum atomic E-state index is 15.1. The highest BCUT2D eigenvalue weighted by Gasteiger charge is 2.37. The molecule has 2 aliphatic heterocycles. The number of aliphatic hydroxyl groups excluding tert-OH is 1. The van der Waals surface area contributed by atoms with Gasteiger partial charge in [0.15, 0.2) is 0 Å². The summed E-state index contributed by atoms with van der Waals surface area (Å²) in [6.07, 6.45) is 4.97. The summed E-state index contributed by atoms with van der Waals surface area (Å²) in [5, 5.41) is 19.7. The second-order valence-electron chi connectivity index (χ2n) is 9.52. The molecule has 4 rings (SSSR count). The van der Waals surface area contributed by atoms with Crippen molar-refractivity contribution in [3.63, 3.8) is 0 Å². The quantitative estimate of drug-likeness (QED) is 0.194. The number of fused-ring (bicyclic) bond motifs is 1. The van der Waals surface area contributed by atoms with E-state index in [-0.39, 0.29) is 12.5 Å². The first-order chi connectivity index (χ1) is 16.9. The predicted molar refractivity (Wildman–Crippen MR) is 152 cm³/mol. The monoisotopic (exact) mass is 707 g/mol. The van der Waals surface area contributed by atoms with Gasteiger partial charge in [-0.25, -0.2) is 9.37 Å². The van der Waals surface area contributed by atoms with E-state index in [9.17, 15) is 15.0 Å². The number of unbranched alkanes of at least 4 members (excludes halogenated alkanes) is 1. The van der Waals surface area contributed by atoms with Crippen LogP contribution in [0.5, 0.6) is 0 Å². The van der Waals surface area contributed by atoms with E-state index >= 15 is 4.39 Å². The normalized spacial score (nSPS) is 20.0. The molecule has 1 aromatic heterocycles. The number of aryl methyl sites for hydroxylation is 2. The van der Waals surface area contributed by atoms with Crippen molar-refractivity contribution in [2.45, 2.75) is 63.8 Å². The Bertz CT molecular complexity index is 1040. The average molecular weight is 707 g/mol. The summed E-state index contributed by atoms with van der Waals surface area (Å²) in [6, 6.07) is 8.87. The Hall–Kier alpha value is -1.05. The molecule has 0 amide bonds. The number of hydrogen-bond donors (Lipinski definition) is 2. The molecule has 3 atom stereocenters. The lowest BCUT2D eigenvalue weighted by atomic mass is 9.97. The number of hydrogen-bond acceptors (Lipinski definition) is 5. The molecule has 2 aliphatic rings. The van der Waals surface area contributed by atoms with Gasteiger partial charge in [0.1, 0.15) is 18.0 Å². The number of likely N-dealkylation sites (tertiary alicyclic amines) is 1. The first kappa shape index (κ1) is 27.0. The van der Waals surface area contributed by atoms with E-state index in [1.54, 1.807) is 6.07 Å². The molecule has 1 saturated heterocycles. The highest BCUT2D eigenvalue weighted by atomic mass is 127. The van der Waals surface area contributed by atoms with Gasteiger partial charge in [-0.3, -0.25) is 12.8 Å². The van der Waals surface area contributed by atoms with Gasteiger partial charge in [0.25, 0.3) is 0 Å². The Balaban J connectivity index is 1.29. The summed E-state index contributed by atoms with van der Waals surface area (Å²) >= 11 is 4.47. The van der Waals surface area contributed by atoms with Crippen LogP contribution < -0.4 is 3.11 Å². The molecule has 1 aromatic carbocycles. The van der Waals surface area contributed by atoms with Crippen LogP contribution in [0.1, 0.15) is 60.5 Å². The number of anilines is 1. The van der Waals surface area contributed by atoms with E-state index in [0.717, 1.165) is 53.7 Å². The third-order valence-electron chi connectivity index (χ3n) is 7.15. The van der Waals surface area contributed by atoms with Crippen LogP contribution in [0, 0.1) is 9.49 Å². The van der Waals surface area contributed by atoms with Crippen molar-refractivity contribution in [2.24, 2.45) is 5.92 Å². The van der Waals surface area contributed by atoms with Gasteiger partial charge in [0, 0.05) is 28.3 Å². The van der Waals surface area contributed by atoms with Gasteiger partial charge in [0.2, 0.25) is 0 Å². The number of aromatic nitrogens is 1. The van der Waals surface area contributed by atoms with E-state index in [2.05, 4.69) is 60.7 Å². The number of halogens is 3. The van der Waals surface area contributed by atoms with Gasteiger partial charge in [-0.1, -0.05) is 18.6 Å². The summed E-state index contributed by atoms with van der Waals surface area (Å²) in [5.74, 6) is -0.0405. The number of aliphatic hydroxyl groups is 1. The Morgan fingerprint density at radius 3 is 2.83 bits per heavy atom. The van der Waals surface area contributed by atoms with Crippen LogP contribution in [0.25, 0.3) is 0 Å². The van der Waals surface area contributed by atoms with E-state index in [0.29, 0.717) is 37.1 Å². The maximum Gasteiger partial charge on any atom is 0.325 e. The fraction of sp³-hybridized carbons (Fsp3) is 0.538. The second-order valence-corrected chi connectivity index (χ2v) is 11.9. The van der Waals surface area contributed by atoms with Gasteiger partial charge in [-0.2, -0.15) is 0 Å². The molecule has 6 nitrogen and oxygen atoms in total. The topological polar surface area (TPSA) is 76.9 Å². The molecule has 2 aromatic rings. The third-order valence-corrected chi connectivity index (χ3v) is 8.76. The molecule has 0 spiro atoms. The molecule has 9 heteroatoms. The number of benzene rings is 1. The summed E-state index contributed by atoms with van der Waals surface area (Å²) in [7, 11) is 0. The Labute approximate surface area is 233 Å². The fourth-order valence-electron chi connectivity index (χ4n) is 5.25. The van der Waals surface area contributed by atoms with Crippen LogP contribution in [0.4, 0.5) is 10.2 Å². The van der Waals surface area contributed by atoms with E-state index in [4.69, 9.17) is 4.98 Å². The molecule has 0 saturated carbocycles. The molecule has 2 N–H and O–H groups in total. The summed E-state index contributed by atoms with van der Waals surface area (Å²) in [4.78, 5) is 18.9. The summed E-state index contributed by atoms with van der Waals surface area (Å²) < 4.78 is 18.2. The van der Waals surface area contributed by atoms with Crippen molar-refractivity contribution in [3.05, 3.63) is 56.3 Å². The number of alkyl halides is 1. The lowest BCUT2D eigenvalue weighted by Crippen LogP contribution is -2.34. The number of pyridine rings is 1. The molecule has 0 bridgehead atoms. The minimum absolute atomic E-state index is 0.161. The number of aliphatic carboxylic acids is 1. The van der Waals surface area contributed by atoms with Crippen LogP contribution in [0.2, 0.25) is 0 Å². The van der Waals surface area contributed by atoms with Crippen LogP contribution in [0.3, 0.4) is 0 Å². The van der Waals surface area contributed by atoms with E-state index < -0.39 is 18.2 Å². The van der Waals surface area contributed by atoms with Crippen LogP contribution in [0.15, 0.2) is 30.3 Å². The zero-order chi connectivity index (χ0) is 24.9. The predicted octanol–water partition coefficient (Wildman–Crippen LogP) is 5.48. The fourth-order valence-corrected chi connectivity index (χ4v) is 6.53. The SMILES string of the molecule is O=C(O)[C@H](c1cc(I)ccc1CO)N1CCC([C@H](F)CCCCc2ccc3c(n2)N(I)CCC3)C1. The summed E-state index contributed by atoms with van der Waals surface area (Å²) in [6.45, 7) is 1.78. The number of rotatable bonds is 10. The molecular formula is C26H32FI2N3O3.